The molecular weight excluding hydrogens is 301 g/mol. The highest BCUT2D eigenvalue weighted by molar-refractivity contribution is 9.10. The standard InChI is InChI=1S/C13H15BrFNO2/c1-3-18-13(17)5-4-6-16-12-8-10(14)11(15)7-9(12)2/h4-5,7-8,16H,3,6H2,1-2H3/b5-4+. The summed E-state index contributed by atoms with van der Waals surface area (Å²) in [6.45, 7) is 4.40. The van der Waals surface area contributed by atoms with Gasteiger partial charge in [0.15, 0.2) is 0 Å². The fourth-order valence-corrected chi connectivity index (χ4v) is 1.69. The van der Waals surface area contributed by atoms with Gasteiger partial charge in [-0.05, 0) is 47.5 Å². The number of carbonyl (C=O) groups is 1. The van der Waals surface area contributed by atoms with Crippen LogP contribution < -0.4 is 5.32 Å². The number of anilines is 1. The van der Waals surface area contributed by atoms with Crippen LogP contribution in [0.3, 0.4) is 0 Å². The first kappa shape index (κ1) is 14.7. The molecule has 0 fully saturated rings. The lowest BCUT2D eigenvalue weighted by Crippen LogP contribution is -2.03. The number of benzene rings is 1. The van der Waals surface area contributed by atoms with E-state index in [2.05, 4.69) is 21.2 Å². The summed E-state index contributed by atoms with van der Waals surface area (Å²) in [5.41, 5.74) is 1.62. The lowest BCUT2D eigenvalue weighted by Gasteiger charge is -2.08. The van der Waals surface area contributed by atoms with Crippen molar-refractivity contribution < 1.29 is 13.9 Å². The van der Waals surface area contributed by atoms with Crippen LogP contribution in [0, 0.1) is 12.7 Å². The van der Waals surface area contributed by atoms with E-state index < -0.39 is 0 Å². The van der Waals surface area contributed by atoms with Gasteiger partial charge in [0, 0.05) is 18.3 Å². The third-order valence-electron chi connectivity index (χ3n) is 2.22. The first-order valence-corrected chi connectivity index (χ1v) is 6.36. The van der Waals surface area contributed by atoms with Crippen molar-refractivity contribution in [1.82, 2.24) is 0 Å². The molecule has 0 atom stereocenters. The molecule has 98 valence electrons. The predicted molar refractivity (Wildman–Crippen MR) is 73.1 cm³/mol. The van der Waals surface area contributed by atoms with Gasteiger partial charge in [-0.1, -0.05) is 6.08 Å². The molecule has 0 bridgehead atoms. The molecule has 1 rings (SSSR count). The summed E-state index contributed by atoms with van der Waals surface area (Å²) in [6, 6.07) is 3.12. The fourth-order valence-electron chi connectivity index (χ4n) is 1.35. The Bertz CT molecular complexity index is 461. The molecule has 0 aromatic heterocycles. The zero-order valence-corrected chi connectivity index (χ0v) is 11.9. The highest BCUT2D eigenvalue weighted by Crippen LogP contribution is 2.23. The van der Waals surface area contributed by atoms with Gasteiger partial charge in [0.2, 0.25) is 0 Å². The molecule has 0 aliphatic rings. The summed E-state index contributed by atoms with van der Waals surface area (Å²) >= 11 is 3.13. The van der Waals surface area contributed by atoms with E-state index in [0.717, 1.165) is 11.3 Å². The maximum atomic E-state index is 13.2. The van der Waals surface area contributed by atoms with Crippen LogP contribution >= 0.6 is 15.9 Å². The predicted octanol–water partition coefficient (Wildman–Crippen LogP) is 3.43. The second-order valence-electron chi connectivity index (χ2n) is 3.62. The number of carbonyl (C=O) groups excluding carboxylic acids is 1. The Kier molecular flexibility index (Phi) is 5.85. The third kappa shape index (κ3) is 4.49. The largest absolute Gasteiger partial charge is 0.463 e. The van der Waals surface area contributed by atoms with Crippen molar-refractivity contribution in [3.63, 3.8) is 0 Å². The second kappa shape index (κ2) is 7.16. The Morgan fingerprint density at radius 3 is 2.94 bits per heavy atom. The van der Waals surface area contributed by atoms with E-state index in [1.54, 1.807) is 19.1 Å². The van der Waals surface area contributed by atoms with Crippen LogP contribution in [0.5, 0.6) is 0 Å². The smallest absolute Gasteiger partial charge is 0.330 e. The van der Waals surface area contributed by atoms with Crippen LogP contribution in [0.15, 0.2) is 28.8 Å². The molecule has 0 radical (unpaired) electrons. The number of hydrogen-bond acceptors (Lipinski definition) is 3. The molecule has 0 heterocycles. The lowest BCUT2D eigenvalue weighted by molar-refractivity contribution is -0.137. The number of aryl methyl sites for hydroxylation is 1. The maximum Gasteiger partial charge on any atom is 0.330 e. The monoisotopic (exact) mass is 315 g/mol. The van der Waals surface area contributed by atoms with Crippen LogP contribution in [0.25, 0.3) is 0 Å². The average Bonchev–Trinajstić information content (AvgIpc) is 2.31. The Morgan fingerprint density at radius 1 is 1.56 bits per heavy atom. The van der Waals surface area contributed by atoms with Gasteiger partial charge in [-0.2, -0.15) is 0 Å². The molecule has 1 aromatic rings. The van der Waals surface area contributed by atoms with Gasteiger partial charge >= 0.3 is 5.97 Å². The second-order valence-corrected chi connectivity index (χ2v) is 4.47. The van der Waals surface area contributed by atoms with Crippen molar-refractivity contribution >= 4 is 27.6 Å². The lowest BCUT2D eigenvalue weighted by atomic mass is 10.2. The fraction of sp³-hybridized carbons (Fsp3) is 0.308. The number of ether oxygens (including phenoxy) is 1. The van der Waals surface area contributed by atoms with Crippen molar-refractivity contribution in [2.75, 3.05) is 18.5 Å². The Balaban J connectivity index is 2.54. The van der Waals surface area contributed by atoms with Crippen molar-refractivity contribution in [1.29, 1.82) is 0 Å². The van der Waals surface area contributed by atoms with Crippen molar-refractivity contribution in [3.8, 4) is 0 Å². The minimum atomic E-state index is -0.365. The highest BCUT2D eigenvalue weighted by Gasteiger charge is 2.04. The maximum absolute atomic E-state index is 13.2. The Hall–Kier alpha value is -1.36. The average molecular weight is 316 g/mol. The summed E-state index contributed by atoms with van der Waals surface area (Å²) in [5, 5.41) is 3.09. The highest BCUT2D eigenvalue weighted by atomic mass is 79.9. The van der Waals surface area contributed by atoms with E-state index in [1.807, 2.05) is 6.92 Å². The Morgan fingerprint density at radius 2 is 2.28 bits per heavy atom. The number of hydrogen-bond donors (Lipinski definition) is 1. The molecule has 0 spiro atoms. The van der Waals surface area contributed by atoms with Gasteiger partial charge in [-0.15, -0.1) is 0 Å². The van der Waals surface area contributed by atoms with Crippen LogP contribution in [-0.2, 0) is 9.53 Å². The molecule has 0 aliphatic heterocycles. The van der Waals surface area contributed by atoms with Gasteiger partial charge in [0.05, 0.1) is 11.1 Å². The molecule has 0 unspecified atom stereocenters. The first-order valence-electron chi connectivity index (χ1n) is 5.57. The molecule has 5 heteroatoms. The number of nitrogens with one attached hydrogen (secondary N) is 1. The SMILES string of the molecule is CCOC(=O)/C=C/CNc1cc(Br)c(F)cc1C. The molecular formula is C13H15BrFNO2. The molecule has 1 N–H and O–H groups in total. The third-order valence-corrected chi connectivity index (χ3v) is 2.83. The Labute approximate surface area is 114 Å². The van der Waals surface area contributed by atoms with Gasteiger partial charge < -0.3 is 10.1 Å². The van der Waals surface area contributed by atoms with Crippen molar-refractivity contribution in [2.24, 2.45) is 0 Å². The number of rotatable bonds is 5. The minimum Gasteiger partial charge on any atom is -0.463 e. The molecule has 0 saturated heterocycles. The van der Waals surface area contributed by atoms with E-state index >= 15 is 0 Å². The normalized spacial score (nSPS) is 10.7. The van der Waals surface area contributed by atoms with E-state index in [-0.39, 0.29) is 11.8 Å². The van der Waals surface area contributed by atoms with E-state index in [1.165, 1.54) is 12.1 Å². The van der Waals surface area contributed by atoms with Gasteiger partial charge in [0.1, 0.15) is 5.82 Å². The summed E-state index contributed by atoms with van der Waals surface area (Å²) in [6.07, 6.45) is 3.03. The molecule has 0 amide bonds. The summed E-state index contributed by atoms with van der Waals surface area (Å²) in [4.78, 5) is 11.0. The zero-order chi connectivity index (χ0) is 13.5. The molecule has 1 aromatic carbocycles. The van der Waals surface area contributed by atoms with Crippen molar-refractivity contribution in [2.45, 2.75) is 13.8 Å². The minimum absolute atomic E-state index is 0.292. The molecule has 0 aliphatic carbocycles. The van der Waals surface area contributed by atoms with Gasteiger partial charge in [0.25, 0.3) is 0 Å². The van der Waals surface area contributed by atoms with Crippen LogP contribution in [0.4, 0.5) is 10.1 Å². The molecule has 3 nitrogen and oxygen atoms in total. The van der Waals surface area contributed by atoms with Gasteiger partial charge in [-0.3, -0.25) is 0 Å². The first-order chi connectivity index (χ1) is 8.54. The number of esters is 1. The zero-order valence-electron chi connectivity index (χ0n) is 10.3. The van der Waals surface area contributed by atoms with Crippen LogP contribution in [-0.4, -0.2) is 19.1 Å². The summed E-state index contributed by atoms with van der Waals surface area (Å²) in [7, 11) is 0. The number of halogens is 2. The van der Waals surface area contributed by atoms with Crippen molar-refractivity contribution in [3.05, 3.63) is 40.1 Å². The summed E-state index contributed by atoms with van der Waals surface area (Å²) < 4.78 is 18.3. The van der Waals surface area contributed by atoms with E-state index in [0.29, 0.717) is 17.6 Å². The van der Waals surface area contributed by atoms with Crippen LogP contribution in [0.2, 0.25) is 0 Å². The molecule has 18 heavy (non-hydrogen) atoms. The van der Waals surface area contributed by atoms with E-state index in [9.17, 15) is 9.18 Å². The quantitative estimate of drug-likeness (QED) is 0.668. The molecule has 0 saturated carbocycles. The topological polar surface area (TPSA) is 38.3 Å². The van der Waals surface area contributed by atoms with Crippen LogP contribution in [0.1, 0.15) is 12.5 Å². The summed E-state index contributed by atoms with van der Waals surface area (Å²) in [5.74, 6) is -0.656. The van der Waals surface area contributed by atoms with E-state index in [4.69, 9.17) is 4.74 Å². The van der Waals surface area contributed by atoms with Gasteiger partial charge in [-0.25, -0.2) is 9.18 Å².